The molecule has 1 atom stereocenters. The summed E-state index contributed by atoms with van der Waals surface area (Å²) in [6, 6.07) is 7.81. The summed E-state index contributed by atoms with van der Waals surface area (Å²) in [6.07, 6.45) is 2.26. The maximum atomic E-state index is 5.92. The van der Waals surface area contributed by atoms with Crippen LogP contribution < -0.4 is 9.47 Å². The van der Waals surface area contributed by atoms with Crippen molar-refractivity contribution in [3.05, 3.63) is 36.0 Å². The fourth-order valence-corrected chi connectivity index (χ4v) is 3.08. The molecule has 0 radical (unpaired) electrons. The summed E-state index contributed by atoms with van der Waals surface area (Å²) in [7, 11) is 0. The number of hydrogen-bond donors (Lipinski definition) is 0. The van der Waals surface area contributed by atoms with Crippen molar-refractivity contribution in [2.24, 2.45) is 0 Å². The first-order valence-corrected chi connectivity index (χ1v) is 8.63. The number of benzene rings is 1. The van der Waals surface area contributed by atoms with Crippen molar-refractivity contribution < 1.29 is 14.0 Å². The smallest absolute Gasteiger partial charge is 0.223 e. The van der Waals surface area contributed by atoms with Gasteiger partial charge in [-0.15, -0.1) is 0 Å². The van der Waals surface area contributed by atoms with Crippen molar-refractivity contribution in [1.29, 1.82) is 0 Å². The maximum absolute atomic E-state index is 5.92. The molecule has 0 bridgehead atoms. The number of aromatic nitrogens is 2. The van der Waals surface area contributed by atoms with Gasteiger partial charge in [-0.1, -0.05) is 17.3 Å². The van der Waals surface area contributed by atoms with Crippen LogP contribution in [-0.4, -0.2) is 47.9 Å². The summed E-state index contributed by atoms with van der Waals surface area (Å²) in [6.45, 7) is 8.01. The number of hydrogen-bond acceptors (Lipinski definition) is 6. The van der Waals surface area contributed by atoms with Crippen LogP contribution >= 0.6 is 0 Å². The van der Waals surface area contributed by atoms with Gasteiger partial charge in [-0.3, -0.25) is 4.90 Å². The maximum Gasteiger partial charge on any atom is 0.223 e. The van der Waals surface area contributed by atoms with Crippen molar-refractivity contribution in [2.45, 2.75) is 32.6 Å². The van der Waals surface area contributed by atoms with Gasteiger partial charge in [0.25, 0.3) is 0 Å². The Morgan fingerprint density at radius 1 is 1.25 bits per heavy atom. The number of aryl methyl sites for hydroxylation is 1. The zero-order chi connectivity index (χ0) is 16.8. The lowest BCUT2D eigenvalue weighted by molar-refractivity contribution is 0.164. The molecule has 0 amide bonds. The third-order valence-electron chi connectivity index (χ3n) is 4.23. The van der Waals surface area contributed by atoms with Crippen LogP contribution in [-0.2, 0) is 0 Å². The molecule has 0 spiro atoms. The largest absolute Gasteiger partial charge is 0.490 e. The molecule has 6 nitrogen and oxygen atoms in total. The zero-order valence-corrected chi connectivity index (χ0v) is 14.4. The summed E-state index contributed by atoms with van der Waals surface area (Å²) >= 11 is 0. The van der Waals surface area contributed by atoms with Crippen LogP contribution in [0.1, 0.15) is 37.4 Å². The van der Waals surface area contributed by atoms with Gasteiger partial charge in [0, 0.05) is 25.9 Å². The molecule has 1 aromatic carbocycles. The van der Waals surface area contributed by atoms with Crippen LogP contribution in [0.25, 0.3) is 0 Å². The number of piperidine rings is 1. The predicted molar refractivity (Wildman–Crippen MR) is 90.6 cm³/mol. The van der Waals surface area contributed by atoms with Crippen molar-refractivity contribution in [3.63, 3.8) is 0 Å². The molecule has 2 aromatic rings. The lowest BCUT2D eigenvalue weighted by Gasteiger charge is -2.31. The molecule has 130 valence electrons. The molecule has 1 aliphatic rings. The molecule has 1 aliphatic heterocycles. The Labute approximate surface area is 142 Å². The topological polar surface area (TPSA) is 60.6 Å². The first-order chi connectivity index (χ1) is 11.8. The zero-order valence-electron chi connectivity index (χ0n) is 14.4. The number of likely N-dealkylation sites (tertiary alicyclic amines) is 1. The summed E-state index contributed by atoms with van der Waals surface area (Å²) in [5.41, 5.74) is 0. The average Bonchev–Trinajstić information content (AvgIpc) is 3.04. The van der Waals surface area contributed by atoms with Crippen molar-refractivity contribution in [1.82, 2.24) is 15.0 Å². The first-order valence-electron chi connectivity index (χ1n) is 8.63. The Balaban J connectivity index is 1.50. The van der Waals surface area contributed by atoms with Crippen LogP contribution in [0, 0.1) is 6.92 Å². The third-order valence-corrected chi connectivity index (χ3v) is 4.23. The highest BCUT2D eigenvalue weighted by molar-refractivity contribution is 5.39. The van der Waals surface area contributed by atoms with Crippen molar-refractivity contribution in [2.75, 3.05) is 32.8 Å². The monoisotopic (exact) mass is 331 g/mol. The normalized spacial score (nSPS) is 18.5. The summed E-state index contributed by atoms with van der Waals surface area (Å²) in [4.78, 5) is 6.78. The number of para-hydroxylation sites is 2. The molecule has 2 heterocycles. The summed E-state index contributed by atoms with van der Waals surface area (Å²) < 4.78 is 16.6. The van der Waals surface area contributed by atoms with E-state index < -0.39 is 0 Å². The van der Waals surface area contributed by atoms with Gasteiger partial charge in [-0.25, -0.2) is 0 Å². The Bertz CT molecular complexity index is 644. The molecule has 1 fully saturated rings. The molecule has 0 unspecified atom stereocenters. The molecule has 1 aromatic heterocycles. The minimum absolute atomic E-state index is 0.354. The van der Waals surface area contributed by atoms with E-state index in [0.29, 0.717) is 25.0 Å². The third kappa shape index (κ3) is 4.26. The molecule has 6 heteroatoms. The van der Waals surface area contributed by atoms with E-state index in [9.17, 15) is 0 Å². The van der Waals surface area contributed by atoms with Gasteiger partial charge in [0.1, 0.15) is 6.61 Å². The van der Waals surface area contributed by atoms with Gasteiger partial charge in [-0.2, -0.15) is 4.98 Å². The van der Waals surface area contributed by atoms with E-state index in [0.717, 1.165) is 49.8 Å². The molecule has 1 saturated heterocycles. The number of ether oxygens (including phenoxy) is 2. The molecular weight excluding hydrogens is 306 g/mol. The van der Waals surface area contributed by atoms with E-state index in [-0.39, 0.29) is 0 Å². The fraction of sp³-hybridized carbons (Fsp3) is 0.556. The average molecular weight is 331 g/mol. The second-order valence-corrected chi connectivity index (χ2v) is 6.04. The minimum Gasteiger partial charge on any atom is -0.490 e. The molecule has 24 heavy (non-hydrogen) atoms. The molecular formula is C18H25N3O3. The Morgan fingerprint density at radius 2 is 2.04 bits per heavy atom. The fourth-order valence-electron chi connectivity index (χ4n) is 3.08. The minimum atomic E-state index is 0.354. The highest BCUT2D eigenvalue weighted by Gasteiger charge is 2.24. The molecule has 0 N–H and O–H groups in total. The molecule has 3 rings (SSSR count). The van der Waals surface area contributed by atoms with Gasteiger partial charge in [-0.05, 0) is 38.4 Å². The molecule has 0 saturated carbocycles. The molecule has 0 aliphatic carbocycles. The van der Waals surface area contributed by atoms with Gasteiger partial charge < -0.3 is 14.0 Å². The van der Waals surface area contributed by atoms with Crippen LogP contribution in [0.2, 0.25) is 0 Å². The number of nitrogens with zero attached hydrogens (tertiary/aromatic N) is 3. The van der Waals surface area contributed by atoms with Gasteiger partial charge >= 0.3 is 0 Å². The van der Waals surface area contributed by atoms with Gasteiger partial charge in [0.05, 0.1) is 6.61 Å². The number of rotatable bonds is 7. The van der Waals surface area contributed by atoms with Crippen molar-refractivity contribution >= 4 is 0 Å². The van der Waals surface area contributed by atoms with Crippen LogP contribution in [0.3, 0.4) is 0 Å². The van der Waals surface area contributed by atoms with Crippen LogP contribution in [0.4, 0.5) is 0 Å². The van der Waals surface area contributed by atoms with E-state index in [4.69, 9.17) is 14.0 Å². The predicted octanol–water partition coefficient (Wildman–Crippen LogP) is 3.04. The van der Waals surface area contributed by atoms with Crippen LogP contribution in [0.15, 0.2) is 28.8 Å². The second kappa shape index (κ2) is 8.15. The Morgan fingerprint density at radius 3 is 2.75 bits per heavy atom. The summed E-state index contributed by atoms with van der Waals surface area (Å²) in [5.74, 6) is 3.44. The Hall–Kier alpha value is -2.08. The highest BCUT2D eigenvalue weighted by Crippen LogP contribution is 2.27. The lowest BCUT2D eigenvalue weighted by atomic mass is 9.97. The second-order valence-electron chi connectivity index (χ2n) is 6.04. The van der Waals surface area contributed by atoms with Crippen molar-refractivity contribution in [3.8, 4) is 11.5 Å². The lowest BCUT2D eigenvalue weighted by Crippen LogP contribution is -2.37. The van der Waals surface area contributed by atoms with Gasteiger partial charge in [0.15, 0.2) is 17.3 Å². The standard InChI is InChI=1S/C18H25N3O3/c1-3-22-16-8-4-5-9-17(16)23-12-11-21-10-6-7-15(13-21)18-19-14(2)24-20-18/h4-5,8-9,15H,3,6-7,10-13H2,1-2H3/t15-/m0/s1. The summed E-state index contributed by atoms with van der Waals surface area (Å²) in [5, 5.41) is 4.07. The van der Waals surface area contributed by atoms with E-state index in [2.05, 4.69) is 15.0 Å². The quantitative estimate of drug-likeness (QED) is 0.777. The first kappa shape index (κ1) is 16.8. The van der Waals surface area contributed by atoms with Crippen LogP contribution in [0.5, 0.6) is 11.5 Å². The SMILES string of the molecule is CCOc1ccccc1OCCN1CCC[C@H](c2noc(C)n2)C1. The van der Waals surface area contributed by atoms with E-state index in [1.54, 1.807) is 0 Å². The van der Waals surface area contributed by atoms with E-state index in [1.165, 1.54) is 0 Å². The van der Waals surface area contributed by atoms with E-state index in [1.807, 2.05) is 38.1 Å². The van der Waals surface area contributed by atoms with E-state index >= 15 is 0 Å². The van der Waals surface area contributed by atoms with Gasteiger partial charge in [0.2, 0.25) is 5.89 Å². The Kier molecular flexibility index (Phi) is 5.69. The highest BCUT2D eigenvalue weighted by atomic mass is 16.5.